The van der Waals surface area contributed by atoms with E-state index in [2.05, 4.69) is 19.9 Å². The highest BCUT2D eigenvalue weighted by Crippen LogP contribution is 2.52. The van der Waals surface area contributed by atoms with Gasteiger partial charge >= 0.3 is 0 Å². The van der Waals surface area contributed by atoms with Crippen LogP contribution in [-0.4, -0.2) is 19.9 Å². The van der Waals surface area contributed by atoms with Gasteiger partial charge in [-0.15, -0.1) is 0 Å². The molecule has 3 aromatic carbocycles. The number of benzene rings is 3. The van der Waals surface area contributed by atoms with Gasteiger partial charge in [0.15, 0.2) is 69.8 Å². The minimum atomic E-state index is -2.76. The number of H-pyrrole nitrogens is 3. The molecule has 4 aromatic heterocycles. The summed E-state index contributed by atoms with van der Waals surface area (Å²) in [5.41, 5.74) is -18.6. The van der Waals surface area contributed by atoms with E-state index in [4.69, 9.17) is 92.8 Å². The molecule has 3 N–H and O–H groups in total. The Morgan fingerprint density at radius 2 is 0.438 bits per heavy atom. The van der Waals surface area contributed by atoms with Crippen molar-refractivity contribution in [1.82, 2.24) is 19.9 Å². The molecule has 27 heteroatoms. The van der Waals surface area contributed by atoms with Gasteiger partial charge in [-0.2, -0.15) is 0 Å². The van der Waals surface area contributed by atoms with Crippen LogP contribution in [0.2, 0.25) is 30.1 Å². The smallest absolute Gasteiger partial charge is 0.200 e. The first-order valence-electron chi connectivity index (χ1n) is 16.3. The van der Waals surface area contributed by atoms with Crippen LogP contribution in [-0.2, 0) is 0 Å². The van der Waals surface area contributed by atoms with E-state index in [1.165, 1.54) is 0 Å². The van der Waals surface area contributed by atoms with Gasteiger partial charge in [-0.1, -0.05) is 92.8 Å². The second kappa shape index (κ2) is 15.9. The Morgan fingerprint density at radius 3 is 0.734 bits per heavy atom. The van der Waals surface area contributed by atoms with Crippen molar-refractivity contribution in [3.63, 3.8) is 0 Å². The lowest BCUT2D eigenvalue weighted by atomic mass is 10.0. The molecular weight excluding hydrogens is 1070 g/mol. The maximum absolute atomic E-state index is 16.0. The second-order valence-corrected chi connectivity index (χ2v) is 15.9. The summed E-state index contributed by atoms with van der Waals surface area (Å²) in [6, 6.07) is 0. The SMILES string of the molecule is Fc1c(F)c(F)c(-c2c3nc(c4[nH]c(c(Cl)c4Cl)c(-c4c(F)c(F)c(F)c(F)c4F)c4[nH]c(c(Cl)c4Cl)c(-c4c(F)c(F)c(F)c(F)c4F)c4[nH]c2c(Cl)c4Cl)C(Cl)=C3Cl)c(F)c1F. The van der Waals surface area contributed by atoms with Crippen molar-refractivity contribution in [2.45, 2.75) is 0 Å². The van der Waals surface area contributed by atoms with E-state index >= 15 is 35.1 Å². The van der Waals surface area contributed by atoms with Gasteiger partial charge < -0.3 is 15.0 Å². The Hall–Kier alpha value is -4.34. The van der Waals surface area contributed by atoms with E-state index in [0.29, 0.717) is 0 Å². The van der Waals surface area contributed by atoms with Crippen molar-refractivity contribution >= 4 is 136 Å². The number of aromatic amines is 3. The highest BCUT2D eigenvalue weighted by molar-refractivity contribution is 6.67. The molecule has 0 saturated carbocycles. The summed E-state index contributed by atoms with van der Waals surface area (Å²) in [6.45, 7) is 0. The zero-order chi connectivity index (χ0) is 47.2. The molecule has 5 heterocycles. The Labute approximate surface area is 382 Å². The van der Waals surface area contributed by atoms with Crippen molar-refractivity contribution in [3.8, 4) is 33.4 Å². The molecule has 7 aromatic rings. The third kappa shape index (κ3) is 6.28. The third-order valence-electron chi connectivity index (χ3n) is 9.58. The lowest BCUT2D eigenvalue weighted by Crippen LogP contribution is -2.05. The molecule has 0 radical (unpaired) electrons. The lowest BCUT2D eigenvalue weighted by Gasteiger charge is -2.11. The first-order valence-corrected chi connectivity index (χ1v) is 19.3. The molecule has 0 spiro atoms. The van der Waals surface area contributed by atoms with E-state index in [1.54, 1.807) is 0 Å². The van der Waals surface area contributed by atoms with E-state index in [9.17, 15) is 30.7 Å². The molecule has 0 aliphatic carbocycles. The Balaban J connectivity index is 1.82. The van der Waals surface area contributed by atoms with E-state index in [0.717, 1.165) is 0 Å². The molecule has 8 rings (SSSR count). The number of halogens is 23. The van der Waals surface area contributed by atoms with E-state index in [1.807, 2.05) is 0 Å². The van der Waals surface area contributed by atoms with Crippen LogP contribution in [0.3, 0.4) is 0 Å². The molecular formula is C37H3Cl8F15N4. The Kier molecular flexibility index (Phi) is 11.5. The predicted octanol–water partition coefficient (Wildman–Crippen LogP) is 16.8. The van der Waals surface area contributed by atoms with Gasteiger partial charge in [0, 0.05) is 16.7 Å². The molecule has 4 nitrogen and oxygen atoms in total. The van der Waals surface area contributed by atoms with Gasteiger partial charge in [-0.25, -0.2) is 70.8 Å². The number of hydrogen-bond acceptors (Lipinski definition) is 1. The molecule has 1 aliphatic rings. The fraction of sp³-hybridized carbons (Fsp3) is 0. The molecule has 332 valence electrons. The molecule has 0 unspecified atom stereocenters. The average Bonchev–Trinajstić information content (AvgIpc) is 3.93. The third-order valence-corrected chi connectivity index (χ3v) is 13.0. The Bertz CT molecular complexity index is 3420. The number of nitrogens with zero attached hydrogens (tertiary/aromatic N) is 1. The average molecular weight is 1070 g/mol. The number of fused-ring (bicyclic) bond motifs is 9. The van der Waals surface area contributed by atoms with Crippen LogP contribution in [0.15, 0.2) is 0 Å². The summed E-state index contributed by atoms with van der Waals surface area (Å²) in [7, 11) is 0. The maximum atomic E-state index is 16.0. The van der Waals surface area contributed by atoms with Crippen molar-refractivity contribution < 1.29 is 65.9 Å². The summed E-state index contributed by atoms with van der Waals surface area (Å²) in [4.78, 5) is 10.7. The summed E-state index contributed by atoms with van der Waals surface area (Å²) < 4.78 is 229. The van der Waals surface area contributed by atoms with E-state index in [-0.39, 0.29) is 0 Å². The van der Waals surface area contributed by atoms with Gasteiger partial charge in [0.2, 0.25) is 17.5 Å². The fourth-order valence-corrected chi connectivity index (χ4v) is 8.59. The second-order valence-electron chi connectivity index (χ2n) is 12.9. The predicted molar refractivity (Wildman–Crippen MR) is 211 cm³/mol. The minimum Gasteiger partial charge on any atom is -0.352 e. The lowest BCUT2D eigenvalue weighted by molar-refractivity contribution is 0.381. The maximum Gasteiger partial charge on any atom is 0.200 e. The van der Waals surface area contributed by atoms with Crippen molar-refractivity contribution in [3.05, 3.63) is 129 Å². The number of hydrogen-bond donors (Lipinski definition) is 3. The molecule has 0 saturated heterocycles. The van der Waals surface area contributed by atoms with Crippen LogP contribution < -0.4 is 0 Å². The normalized spacial score (nSPS) is 12.5. The zero-order valence-corrected chi connectivity index (χ0v) is 35.2. The number of nitrogens with one attached hydrogen (secondary N) is 3. The molecule has 0 amide bonds. The largest absolute Gasteiger partial charge is 0.352 e. The van der Waals surface area contributed by atoms with Crippen LogP contribution in [0.1, 0.15) is 11.4 Å². The standard InChI is InChI=1S/C37H3Cl8F15N4/c38-7-9(40)32-5(2-17(48)23(54)28(59)24(55)18(2)49)34-11(42)13(44)36(63-34)37-14(45)12(43)35(64-37)6(3-19(50)25(56)29(60)26(57)20(3)51)33-10(41)8(39)31(62-33)4(30(7)61-32)1-15(46)21(52)27(58)22(53)16(1)47/h61-63H. The zero-order valence-electron chi connectivity index (χ0n) is 29.1. The van der Waals surface area contributed by atoms with Crippen molar-refractivity contribution in [1.29, 1.82) is 0 Å². The minimum absolute atomic E-state index is 0.744. The van der Waals surface area contributed by atoms with Gasteiger partial charge in [-0.3, -0.25) is 0 Å². The van der Waals surface area contributed by atoms with E-state index < -0.39 is 205 Å². The first kappa shape index (κ1) is 46.2. The Morgan fingerprint density at radius 1 is 0.234 bits per heavy atom. The molecule has 1 aliphatic heterocycles. The van der Waals surface area contributed by atoms with Crippen molar-refractivity contribution in [2.75, 3.05) is 0 Å². The monoisotopic (exact) mass is 1070 g/mol. The fourth-order valence-electron chi connectivity index (χ4n) is 6.72. The summed E-state index contributed by atoms with van der Waals surface area (Å²) in [6.07, 6.45) is 0. The van der Waals surface area contributed by atoms with Crippen LogP contribution in [0, 0.1) is 87.3 Å². The van der Waals surface area contributed by atoms with Crippen LogP contribution >= 0.6 is 92.8 Å². The number of aromatic nitrogens is 4. The van der Waals surface area contributed by atoms with Crippen LogP contribution in [0.25, 0.3) is 76.5 Å². The summed E-state index contributed by atoms with van der Waals surface area (Å²) in [5.74, 6) is -39.8. The topological polar surface area (TPSA) is 60.3 Å². The highest BCUT2D eigenvalue weighted by Gasteiger charge is 2.37. The molecule has 0 fully saturated rings. The quantitative estimate of drug-likeness (QED) is 0.0922. The van der Waals surface area contributed by atoms with Crippen molar-refractivity contribution in [2.24, 2.45) is 0 Å². The van der Waals surface area contributed by atoms with Gasteiger partial charge in [0.05, 0.1) is 95.7 Å². The van der Waals surface area contributed by atoms with Gasteiger partial charge in [0.25, 0.3) is 0 Å². The number of rotatable bonds is 3. The van der Waals surface area contributed by atoms with Crippen LogP contribution in [0.5, 0.6) is 0 Å². The highest BCUT2D eigenvalue weighted by atomic mass is 35.5. The molecule has 0 atom stereocenters. The molecule has 64 heavy (non-hydrogen) atoms. The first-order chi connectivity index (χ1) is 29.9. The molecule has 8 bridgehead atoms. The summed E-state index contributed by atoms with van der Waals surface area (Å²) >= 11 is 52.1. The van der Waals surface area contributed by atoms with Gasteiger partial charge in [-0.05, 0) is 0 Å². The van der Waals surface area contributed by atoms with Gasteiger partial charge in [0.1, 0.15) is 5.69 Å². The summed E-state index contributed by atoms with van der Waals surface area (Å²) in [5, 5.41) is -8.21. The van der Waals surface area contributed by atoms with Crippen LogP contribution in [0.4, 0.5) is 65.9 Å².